The number of ketones is 1. The first-order chi connectivity index (χ1) is 14.1. The van der Waals surface area contributed by atoms with Crippen molar-refractivity contribution in [3.8, 4) is 0 Å². The van der Waals surface area contributed by atoms with Gasteiger partial charge in [-0.25, -0.2) is 22.9 Å². The number of aryl methyl sites for hydroxylation is 1. The number of aromatic nitrogens is 1. The van der Waals surface area contributed by atoms with Gasteiger partial charge in [0, 0.05) is 11.5 Å². The number of urea groups is 1. The van der Waals surface area contributed by atoms with Gasteiger partial charge in [-0.15, -0.1) is 0 Å². The van der Waals surface area contributed by atoms with Gasteiger partial charge in [-0.2, -0.15) is 0 Å². The summed E-state index contributed by atoms with van der Waals surface area (Å²) in [6.07, 6.45) is 4.94. The van der Waals surface area contributed by atoms with Gasteiger partial charge in [-0.05, 0) is 47.8 Å². The number of anilines is 2. The van der Waals surface area contributed by atoms with Crippen LogP contribution < -0.4 is 15.4 Å². The van der Waals surface area contributed by atoms with Gasteiger partial charge in [0.15, 0.2) is 10.9 Å². The Morgan fingerprint density at radius 1 is 1.23 bits per heavy atom. The number of hydrogen-bond donors (Lipinski definition) is 3. The smallest absolute Gasteiger partial charge is 0.307 e. The minimum atomic E-state index is -3.36. The van der Waals surface area contributed by atoms with E-state index in [1.807, 2.05) is 19.1 Å². The third-order valence-electron chi connectivity index (χ3n) is 4.79. The molecule has 0 spiro atoms. The molecule has 3 rings (SSSR count). The maximum atomic E-state index is 12.9. The van der Waals surface area contributed by atoms with Gasteiger partial charge < -0.3 is 5.32 Å². The fraction of sp³-hybridized carbons (Fsp3) is 0.421. The van der Waals surface area contributed by atoms with Crippen LogP contribution in [0.1, 0.15) is 47.3 Å². The Labute approximate surface area is 188 Å². The van der Waals surface area contributed by atoms with Crippen molar-refractivity contribution in [3.63, 3.8) is 0 Å². The fourth-order valence-electron chi connectivity index (χ4n) is 3.32. The lowest BCUT2D eigenvalue weighted by Crippen LogP contribution is -2.23. The molecule has 1 aliphatic rings. The Morgan fingerprint density at radius 3 is 2.60 bits per heavy atom. The molecule has 1 heterocycles. The summed E-state index contributed by atoms with van der Waals surface area (Å²) in [6, 6.07) is 4.86. The molecule has 0 bridgehead atoms. The van der Waals surface area contributed by atoms with E-state index in [-0.39, 0.29) is 18.2 Å². The minimum absolute atomic E-state index is 0.00947. The molecule has 11 heteroatoms. The van der Waals surface area contributed by atoms with Gasteiger partial charge in [0.05, 0.1) is 28.0 Å². The number of amides is 2. The Bertz CT molecular complexity index is 1060. The number of thiazole rings is 1. The predicted molar refractivity (Wildman–Crippen MR) is 122 cm³/mol. The van der Waals surface area contributed by atoms with E-state index in [9.17, 15) is 18.0 Å². The zero-order valence-corrected chi connectivity index (χ0v) is 19.8. The highest BCUT2D eigenvalue weighted by molar-refractivity contribution is 9.11. The SMILES string of the molecule is Cc1ccc(NC(=O)Nc2nc(CNS(C)(=O)=O)c(Br)s2)c(C(=O)C2CCCC2)c1. The zero-order valence-electron chi connectivity index (χ0n) is 16.6. The number of hydrogen-bond acceptors (Lipinski definition) is 6. The summed E-state index contributed by atoms with van der Waals surface area (Å²) < 4.78 is 25.5. The van der Waals surface area contributed by atoms with Crippen LogP contribution in [0.5, 0.6) is 0 Å². The number of halogens is 1. The lowest BCUT2D eigenvalue weighted by Gasteiger charge is -2.14. The second kappa shape index (κ2) is 9.54. The van der Waals surface area contributed by atoms with Gasteiger partial charge in [0.1, 0.15) is 0 Å². The van der Waals surface area contributed by atoms with Gasteiger partial charge in [0.25, 0.3) is 0 Å². The van der Waals surface area contributed by atoms with Crippen LogP contribution in [0.3, 0.4) is 0 Å². The van der Waals surface area contributed by atoms with Crippen LogP contribution in [-0.4, -0.2) is 31.5 Å². The van der Waals surface area contributed by atoms with Crippen LogP contribution >= 0.6 is 27.3 Å². The molecule has 1 saturated carbocycles. The van der Waals surface area contributed by atoms with Gasteiger partial charge in [-0.1, -0.05) is 35.8 Å². The highest BCUT2D eigenvalue weighted by Gasteiger charge is 2.26. The predicted octanol–water partition coefficient (Wildman–Crippen LogP) is 4.28. The summed E-state index contributed by atoms with van der Waals surface area (Å²) in [6.45, 7) is 1.92. The number of benzene rings is 1. The van der Waals surface area contributed by atoms with E-state index in [0.29, 0.717) is 25.9 Å². The van der Waals surface area contributed by atoms with Crippen LogP contribution in [-0.2, 0) is 16.6 Å². The monoisotopic (exact) mass is 514 g/mol. The summed E-state index contributed by atoms with van der Waals surface area (Å²) in [5.41, 5.74) is 2.40. The lowest BCUT2D eigenvalue weighted by atomic mass is 9.94. The van der Waals surface area contributed by atoms with Crippen molar-refractivity contribution < 1.29 is 18.0 Å². The summed E-state index contributed by atoms with van der Waals surface area (Å²) in [5, 5.41) is 5.69. The molecule has 2 aromatic rings. The molecule has 3 N–H and O–H groups in total. The van der Waals surface area contributed by atoms with Crippen LogP contribution in [0.4, 0.5) is 15.6 Å². The first-order valence-electron chi connectivity index (χ1n) is 9.45. The maximum Gasteiger partial charge on any atom is 0.325 e. The van der Waals surface area contributed by atoms with Crippen molar-refractivity contribution in [1.29, 1.82) is 0 Å². The summed E-state index contributed by atoms with van der Waals surface area (Å²) >= 11 is 4.49. The van der Waals surface area contributed by atoms with Crippen molar-refractivity contribution in [3.05, 3.63) is 38.8 Å². The number of carbonyl (C=O) groups excluding carboxylic acids is 2. The largest absolute Gasteiger partial charge is 0.325 e. The number of rotatable bonds is 7. The Morgan fingerprint density at radius 2 is 1.93 bits per heavy atom. The Balaban J connectivity index is 1.70. The number of Topliss-reactive ketones (excluding diaryl/α,β-unsaturated/α-hetero) is 1. The maximum absolute atomic E-state index is 12.9. The van der Waals surface area contributed by atoms with Crippen LogP contribution in [0.15, 0.2) is 22.0 Å². The van der Waals surface area contributed by atoms with E-state index >= 15 is 0 Å². The normalized spacial score (nSPS) is 14.6. The van der Waals surface area contributed by atoms with Crippen LogP contribution in [0, 0.1) is 12.8 Å². The third kappa shape index (κ3) is 6.10. The molecule has 2 amide bonds. The number of sulfonamides is 1. The van der Waals surface area contributed by atoms with E-state index in [4.69, 9.17) is 0 Å². The first kappa shape index (κ1) is 22.9. The molecule has 0 radical (unpaired) electrons. The molecular formula is C19H23BrN4O4S2. The second-order valence-corrected chi connectivity index (χ2v) is 11.5. The summed E-state index contributed by atoms with van der Waals surface area (Å²) in [4.78, 5) is 29.7. The quantitative estimate of drug-likeness (QED) is 0.476. The molecule has 0 unspecified atom stereocenters. The molecule has 8 nitrogen and oxygen atoms in total. The average molecular weight is 515 g/mol. The van der Waals surface area contributed by atoms with Gasteiger partial charge in [0.2, 0.25) is 10.0 Å². The molecule has 0 aliphatic heterocycles. The van der Waals surface area contributed by atoms with Crippen molar-refractivity contribution in [2.24, 2.45) is 5.92 Å². The van der Waals surface area contributed by atoms with Gasteiger partial charge >= 0.3 is 6.03 Å². The summed E-state index contributed by atoms with van der Waals surface area (Å²) in [7, 11) is -3.36. The molecule has 1 aliphatic carbocycles. The standard InChI is InChI=1S/C19H23BrN4O4S2/c1-11-7-8-14(13(9-11)16(25)12-5-3-4-6-12)22-18(26)24-19-23-15(17(20)29-19)10-21-30(2,27)28/h7-9,12,21H,3-6,10H2,1-2H3,(H2,22,23,24,26). The molecule has 1 aromatic heterocycles. The van der Waals surface area contributed by atoms with Crippen molar-refractivity contribution >= 4 is 59.9 Å². The van der Waals surface area contributed by atoms with Crippen LogP contribution in [0.25, 0.3) is 0 Å². The zero-order chi connectivity index (χ0) is 21.9. The minimum Gasteiger partial charge on any atom is -0.307 e. The van der Waals surface area contributed by atoms with E-state index in [1.54, 1.807) is 6.07 Å². The molecular weight excluding hydrogens is 492 g/mol. The highest BCUT2D eigenvalue weighted by atomic mass is 79.9. The number of nitrogens with one attached hydrogen (secondary N) is 3. The molecule has 0 saturated heterocycles. The lowest BCUT2D eigenvalue weighted by molar-refractivity contribution is 0.0923. The van der Waals surface area contributed by atoms with E-state index in [2.05, 4.69) is 36.3 Å². The molecule has 162 valence electrons. The van der Waals surface area contributed by atoms with Crippen LogP contribution in [0.2, 0.25) is 0 Å². The van der Waals surface area contributed by atoms with Crippen molar-refractivity contribution in [2.75, 3.05) is 16.9 Å². The van der Waals surface area contributed by atoms with Crippen molar-refractivity contribution in [2.45, 2.75) is 39.2 Å². The topological polar surface area (TPSA) is 117 Å². The summed E-state index contributed by atoms with van der Waals surface area (Å²) in [5.74, 6) is 0.0767. The fourth-order valence-corrected chi connectivity index (χ4v) is 5.12. The third-order valence-corrected chi connectivity index (χ3v) is 7.20. The van der Waals surface area contributed by atoms with Gasteiger partial charge in [-0.3, -0.25) is 10.1 Å². The average Bonchev–Trinajstić information content (AvgIpc) is 3.30. The molecule has 1 fully saturated rings. The highest BCUT2D eigenvalue weighted by Crippen LogP contribution is 2.32. The molecule has 30 heavy (non-hydrogen) atoms. The Hall–Kier alpha value is -1.82. The second-order valence-electron chi connectivity index (χ2n) is 7.31. The molecule has 0 atom stereocenters. The van der Waals surface area contributed by atoms with Crippen molar-refractivity contribution in [1.82, 2.24) is 9.71 Å². The molecule has 1 aromatic carbocycles. The first-order valence-corrected chi connectivity index (χ1v) is 12.9. The van der Waals surface area contributed by atoms with E-state index in [0.717, 1.165) is 37.5 Å². The number of nitrogens with zero attached hydrogens (tertiary/aromatic N) is 1. The van der Waals surface area contributed by atoms with E-state index in [1.165, 1.54) is 11.3 Å². The van der Waals surface area contributed by atoms with E-state index < -0.39 is 16.1 Å². The number of carbonyl (C=O) groups is 2. The Kier molecular flexibility index (Phi) is 7.27.